The van der Waals surface area contributed by atoms with Crippen molar-refractivity contribution in [3.63, 3.8) is 0 Å². The first-order valence-corrected chi connectivity index (χ1v) is 10.9. The lowest BCUT2D eigenvalue weighted by atomic mass is 10.1. The lowest BCUT2D eigenvalue weighted by molar-refractivity contribution is 0.0285. The van der Waals surface area contributed by atoms with Crippen LogP contribution in [0.1, 0.15) is 36.7 Å². The molecule has 8 heteroatoms. The van der Waals surface area contributed by atoms with Gasteiger partial charge in [-0.3, -0.25) is 4.79 Å². The van der Waals surface area contributed by atoms with Crippen molar-refractivity contribution in [1.82, 2.24) is 19.5 Å². The first-order chi connectivity index (χ1) is 16.2. The highest BCUT2D eigenvalue weighted by molar-refractivity contribution is 6.08. The number of benzene rings is 2. The van der Waals surface area contributed by atoms with Gasteiger partial charge in [-0.25, -0.2) is 14.3 Å². The van der Waals surface area contributed by atoms with E-state index in [0.29, 0.717) is 23.4 Å². The molecular formula is C26H27N5O3. The minimum Gasteiger partial charge on any atom is -0.444 e. The summed E-state index contributed by atoms with van der Waals surface area (Å²) in [5.41, 5.74) is 3.57. The second-order valence-electron chi connectivity index (χ2n) is 8.98. The molecular weight excluding hydrogens is 430 g/mol. The number of hydrogen-bond donors (Lipinski definition) is 1. The Morgan fingerprint density at radius 2 is 1.82 bits per heavy atom. The van der Waals surface area contributed by atoms with Crippen LogP contribution in [0.3, 0.4) is 0 Å². The highest BCUT2D eigenvalue weighted by Crippen LogP contribution is 2.22. The molecule has 0 aliphatic carbocycles. The zero-order valence-corrected chi connectivity index (χ0v) is 19.6. The molecule has 0 spiro atoms. The van der Waals surface area contributed by atoms with Gasteiger partial charge in [-0.1, -0.05) is 42.5 Å². The summed E-state index contributed by atoms with van der Waals surface area (Å²) in [6.45, 7) is 5.82. The van der Waals surface area contributed by atoms with Crippen LogP contribution in [0.4, 0.5) is 10.5 Å². The van der Waals surface area contributed by atoms with Crippen LogP contribution in [-0.2, 0) is 11.3 Å². The Kier molecular flexibility index (Phi) is 6.32. The van der Waals surface area contributed by atoms with Crippen LogP contribution < -0.4 is 5.32 Å². The third kappa shape index (κ3) is 5.23. The number of carbonyl (C=O) groups is 2. The molecule has 2 aromatic carbocycles. The van der Waals surface area contributed by atoms with Crippen LogP contribution in [0.2, 0.25) is 0 Å². The van der Waals surface area contributed by atoms with Crippen LogP contribution in [0.15, 0.2) is 73.1 Å². The summed E-state index contributed by atoms with van der Waals surface area (Å²) in [7, 11) is 1.67. The Balaban J connectivity index is 1.51. The minimum atomic E-state index is -0.566. The number of hydrogen-bond acceptors (Lipinski definition) is 5. The SMILES string of the molecule is CN(Cc1cccc(NC(=O)c2cnn3c(-c4ccccc4)ccnc23)c1)C(=O)OC(C)(C)C. The summed E-state index contributed by atoms with van der Waals surface area (Å²) in [6, 6.07) is 19.0. The van der Waals surface area contributed by atoms with Crippen molar-refractivity contribution >= 4 is 23.3 Å². The van der Waals surface area contributed by atoms with Crippen molar-refractivity contribution in [2.24, 2.45) is 0 Å². The highest BCUT2D eigenvalue weighted by Gasteiger charge is 2.20. The zero-order chi connectivity index (χ0) is 24.3. The van der Waals surface area contributed by atoms with Crippen LogP contribution in [0.25, 0.3) is 16.9 Å². The van der Waals surface area contributed by atoms with Gasteiger partial charge in [0.1, 0.15) is 11.2 Å². The molecule has 0 aliphatic heterocycles. The number of fused-ring (bicyclic) bond motifs is 1. The molecule has 34 heavy (non-hydrogen) atoms. The van der Waals surface area contributed by atoms with E-state index >= 15 is 0 Å². The molecule has 0 bridgehead atoms. The maximum atomic E-state index is 13.0. The first kappa shape index (κ1) is 23.0. The Morgan fingerprint density at radius 3 is 2.56 bits per heavy atom. The third-order valence-electron chi connectivity index (χ3n) is 5.03. The number of rotatable bonds is 5. The molecule has 2 amide bonds. The van der Waals surface area contributed by atoms with Gasteiger partial charge >= 0.3 is 6.09 Å². The normalized spacial score (nSPS) is 11.3. The fourth-order valence-corrected chi connectivity index (χ4v) is 3.50. The Labute approximate surface area is 198 Å². The molecule has 4 rings (SSSR count). The summed E-state index contributed by atoms with van der Waals surface area (Å²) in [4.78, 5) is 31.2. The van der Waals surface area contributed by atoms with Gasteiger partial charge < -0.3 is 15.0 Å². The molecule has 8 nitrogen and oxygen atoms in total. The number of carbonyl (C=O) groups excluding carboxylic acids is 2. The highest BCUT2D eigenvalue weighted by atomic mass is 16.6. The van der Waals surface area contributed by atoms with E-state index in [1.165, 1.54) is 11.1 Å². The molecule has 0 fully saturated rings. The molecule has 0 saturated carbocycles. The molecule has 0 aliphatic rings. The number of aromatic nitrogens is 3. The molecule has 2 aromatic heterocycles. The summed E-state index contributed by atoms with van der Waals surface area (Å²) < 4.78 is 7.06. The Morgan fingerprint density at radius 1 is 1.06 bits per heavy atom. The fourth-order valence-electron chi connectivity index (χ4n) is 3.50. The van der Waals surface area contributed by atoms with Crippen LogP contribution in [-0.4, -0.2) is 44.1 Å². The molecule has 174 valence electrons. The van der Waals surface area contributed by atoms with E-state index in [2.05, 4.69) is 15.4 Å². The maximum Gasteiger partial charge on any atom is 0.410 e. The molecule has 2 heterocycles. The van der Waals surface area contributed by atoms with Gasteiger partial charge in [0.05, 0.1) is 11.9 Å². The van der Waals surface area contributed by atoms with Gasteiger partial charge in [0.15, 0.2) is 5.65 Å². The van der Waals surface area contributed by atoms with Gasteiger partial charge in [0, 0.05) is 31.0 Å². The summed E-state index contributed by atoms with van der Waals surface area (Å²) in [5, 5.41) is 7.31. The minimum absolute atomic E-state index is 0.314. The zero-order valence-electron chi connectivity index (χ0n) is 19.6. The van der Waals surface area contributed by atoms with Gasteiger partial charge in [-0.05, 0) is 44.5 Å². The van der Waals surface area contributed by atoms with E-state index in [9.17, 15) is 9.59 Å². The lowest BCUT2D eigenvalue weighted by Crippen LogP contribution is -2.33. The average Bonchev–Trinajstić information content (AvgIpc) is 3.23. The molecule has 4 aromatic rings. The topological polar surface area (TPSA) is 88.8 Å². The van der Waals surface area contributed by atoms with Crippen molar-refractivity contribution in [1.29, 1.82) is 0 Å². The largest absolute Gasteiger partial charge is 0.444 e. The van der Waals surface area contributed by atoms with E-state index in [1.807, 2.05) is 75.4 Å². The third-order valence-corrected chi connectivity index (χ3v) is 5.03. The predicted molar refractivity (Wildman–Crippen MR) is 131 cm³/mol. The average molecular weight is 458 g/mol. The number of nitrogens with zero attached hydrogens (tertiary/aromatic N) is 4. The van der Waals surface area contributed by atoms with E-state index < -0.39 is 11.7 Å². The summed E-state index contributed by atoms with van der Waals surface area (Å²) in [5.74, 6) is -0.314. The Bertz CT molecular complexity index is 1330. The first-order valence-electron chi connectivity index (χ1n) is 10.9. The van der Waals surface area contributed by atoms with Gasteiger partial charge in [-0.15, -0.1) is 0 Å². The van der Waals surface area contributed by atoms with E-state index in [4.69, 9.17) is 4.74 Å². The maximum absolute atomic E-state index is 13.0. The quantitative estimate of drug-likeness (QED) is 0.455. The van der Waals surface area contributed by atoms with E-state index in [-0.39, 0.29) is 5.91 Å². The second kappa shape index (κ2) is 9.35. The number of amides is 2. The van der Waals surface area contributed by atoms with Crippen molar-refractivity contribution < 1.29 is 14.3 Å². The second-order valence-corrected chi connectivity index (χ2v) is 8.98. The molecule has 0 saturated heterocycles. The lowest BCUT2D eigenvalue weighted by Gasteiger charge is -2.24. The monoisotopic (exact) mass is 457 g/mol. The molecule has 0 unspecified atom stereocenters. The molecule has 0 radical (unpaired) electrons. The van der Waals surface area contributed by atoms with Gasteiger partial charge in [0.25, 0.3) is 5.91 Å². The van der Waals surface area contributed by atoms with Crippen molar-refractivity contribution in [3.05, 3.63) is 84.2 Å². The smallest absolute Gasteiger partial charge is 0.410 e. The van der Waals surface area contributed by atoms with Crippen molar-refractivity contribution in [3.8, 4) is 11.3 Å². The van der Waals surface area contributed by atoms with Crippen LogP contribution >= 0.6 is 0 Å². The Hall–Kier alpha value is -4.20. The van der Waals surface area contributed by atoms with Crippen LogP contribution in [0, 0.1) is 0 Å². The predicted octanol–water partition coefficient (Wildman–Crippen LogP) is 5.02. The summed E-state index contributed by atoms with van der Waals surface area (Å²) in [6.07, 6.45) is 2.78. The standard InChI is InChI=1S/C26H27N5O3/c1-26(2,3)34-25(33)30(4)17-18-9-8-12-20(15-18)29-24(32)21-16-28-31-22(13-14-27-23(21)31)19-10-6-5-7-11-19/h5-16H,17H2,1-4H3,(H,29,32). The van der Waals surface area contributed by atoms with Crippen molar-refractivity contribution in [2.45, 2.75) is 32.9 Å². The summed E-state index contributed by atoms with van der Waals surface area (Å²) >= 11 is 0. The number of nitrogens with one attached hydrogen (secondary N) is 1. The van der Waals surface area contributed by atoms with Crippen molar-refractivity contribution in [2.75, 3.05) is 12.4 Å². The molecule has 1 N–H and O–H groups in total. The molecule has 0 atom stereocenters. The van der Waals surface area contributed by atoms with Gasteiger partial charge in [0.2, 0.25) is 0 Å². The number of ether oxygens (including phenoxy) is 1. The van der Waals surface area contributed by atoms with Gasteiger partial charge in [-0.2, -0.15) is 5.10 Å². The van der Waals surface area contributed by atoms with E-state index in [1.54, 1.807) is 23.8 Å². The number of anilines is 1. The van der Waals surface area contributed by atoms with E-state index in [0.717, 1.165) is 16.8 Å². The van der Waals surface area contributed by atoms with Crippen LogP contribution in [0.5, 0.6) is 0 Å². The fraction of sp³-hybridized carbons (Fsp3) is 0.231.